The monoisotopic (exact) mass is 472 g/mol. The molecule has 0 saturated heterocycles. The number of rotatable bonds is 8. The molecule has 0 unspecified atom stereocenters. The minimum atomic E-state index is -0.289. The van der Waals surface area contributed by atoms with E-state index in [0.29, 0.717) is 39.8 Å². The van der Waals surface area contributed by atoms with Gasteiger partial charge in [-0.25, -0.2) is 4.98 Å². The van der Waals surface area contributed by atoms with Crippen LogP contribution >= 0.6 is 0 Å². The van der Waals surface area contributed by atoms with Crippen LogP contribution < -0.4 is 29.7 Å². The lowest BCUT2D eigenvalue weighted by atomic mass is 10.1. The van der Waals surface area contributed by atoms with Crippen molar-refractivity contribution < 1.29 is 19.0 Å². The maximum Gasteiger partial charge on any atom is 0.256 e. The van der Waals surface area contributed by atoms with Crippen LogP contribution in [0.25, 0.3) is 10.9 Å². The Morgan fingerprint density at radius 2 is 1.54 bits per heavy atom. The summed E-state index contributed by atoms with van der Waals surface area (Å²) >= 11 is 0. The zero-order chi connectivity index (χ0) is 24.9. The van der Waals surface area contributed by atoms with E-state index in [9.17, 15) is 4.79 Å². The van der Waals surface area contributed by atoms with Crippen LogP contribution in [0.5, 0.6) is 17.2 Å². The molecule has 180 valence electrons. The quantitative estimate of drug-likeness (QED) is 0.359. The van der Waals surface area contributed by atoms with E-state index in [1.54, 1.807) is 18.2 Å². The van der Waals surface area contributed by atoms with E-state index in [2.05, 4.69) is 10.6 Å². The van der Waals surface area contributed by atoms with Gasteiger partial charge in [0, 0.05) is 48.7 Å². The molecule has 0 fully saturated rings. The lowest BCUT2D eigenvalue weighted by molar-refractivity contribution is 0.102. The molecule has 4 rings (SSSR count). The number of para-hydroxylation sites is 1. The van der Waals surface area contributed by atoms with Crippen LogP contribution in [0.15, 0.2) is 66.7 Å². The number of pyridine rings is 1. The van der Waals surface area contributed by atoms with Gasteiger partial charge in [0.05, 0.1) is 32.4 Å². The average molecular weight is 473 g/mol. The summed E-state index contributed by atoms with van der Waals surface area (Å²) in [7, 11) is 8.56. The highest BCUT2D eigenvalue weighted by molar-refractivity contribution is 6.13. The van der Waals surface area contributed by atoms with E-state index < -0.39 is 0 Å². The second-order valence-electron chi connectivity index (χ2n) is 8.01. The van der Waals surface area contributed by atoms with Crippen molar-refractivity contribution in [2.45, 2.75) is 0 Å². The van der Waals surface area contributed by atoms with Crippen molar-refractivity contribution in [2.75, 3.05) is 51.0 Å². The third-order valence-electron chi connectivity index (χ3n) is 5.52. The Morgan fingerprint density at radius 3 is 2.20 bits per heavy atom. The van der Waals surface area contributed by atoms with E-state index in [1.165, 1.54) is 21.3 Å². The largest absolute Gasteiger partial charge is 0.493 e. The van der Waals surface area contributed by atoms with Crippen LogP contribution in [0.4, 0.5) is 22.9 Å². The molecule has 3 aromatic carbocycles. The van der Waals surface area contributed by atoms with E-state index in [-0.39, 0.29) is 5.91 Å². The van der Waals surface area contributed by atoms with Crippen molar-refractivity contribution in [3.63, 3.8) is 0 Å². The number of benzene rings is 3. The lowest BCUT2D eigenvalue weighted by Crippen LogP contribution is -2.14. The van der Waals surface area contributed by atoms with E-state index in [0.717, 1.165) is 16.8 Å². The van der Waals surface area contributed by atoms with Gasteiger partial charge in [0.15, 0.2) is 11.5 Å². The standard InChI is InChI=1S/C27H28N4O4/c1-31(2)19-10-8-9-17(13-19)28-25-16-21(20-11-6-7-12-22(20)30-25)27(32)29-18-14-23(33-3)26(35-5)24(15-18)34-4/h6-16H,1-5H3,(H,28,30)(H,29,32). The first-order valence-electron chi connectivity index (χ1n) is 11.0. The number of ether oxygens (including phenoxy) is 3. The van der Waals surface area contributed by atoms with Crippen LogP contribution in [0, 0.1) is 0 Å². The van der Waals surface area contributed by atoms with Gasteiger partial charge in [0.2, 0.25) is 5.75 Å². The number of amides is 1. The van der Waals surface area contributed by atoms with Crippen molar-refractivity contribution in [1.29, 1.82) is 0 Å². The molecule has 8 nitrogen and oxygen atoms in total. The van der Waals surface area contributed by atoms with Crippen molar-refractivity contribution in [3.05, 3.63) is 72.3 Å². The van der Waals surface area contributed by atoms with Crippen LogP contribution in [0.1, 0.15) is 10.4 Å². The number of hydrogen-bond acceptors (Lipinski definition) is 7. The number of methoxy groups -OCH3 is 3. The first-order chi connectivity index (χ1) is 16.9. The Balaban J connectivity index is 1.71. The molecule has 0 spiro atoms. The fourth-order valence-electron chi connectivity index (χ4n) is 3.79. The number of anilines is 4. The van der Waals surface area contributed by atoms with Gasteiger partial charge in [-0.2, -0.15) is 0 Å². The maximum atomic E-state index is 13.4. The molecule has 0 atom stereocenters. The van der Waals surface area contributed by atoms with Gasteiger partial charge in [-0.05, 0) is 30.3 Å². The molecular formula is C27H28N4O4. The molecule has 0 aliphatic rings. The summed E-state index contributed by atoms with van der Waals surface area (Å²) in [5.41, 5.74) is 3.62. The number of carbonyl (C=O) groups excluding carboxylic acids is 1. The zero-order valence-electron chi connectivity index (χ0n) is 20.4. The first kappa shape index (κ1) is 23.7. The van der Waals surface area contributed by atoms with Crippen LogP contribution in [0.3, 0.4) is 0 Å². The topological polar surface area (TPSA) is 85.0 Å². The highest BCUT2D eigenvalue weighted by Gasteiger charge is 2.17. The first-order valence-corrected chi connectivity index (χ1v) is 11.0. The number of carbonyl (C=O) groups is 1. The Kier molecular flexibility index (Phi) is 6.91. The molecule has 0 aliphatic carbocycles. The second kappa shape index (κ2) is 10.2. The molecule has 1 aromatic heterocycles. The summed E-state index contributed by atoms with van der Waals surface area (Å²) in [6.45, 7) is 0. The summed E-state index contributed by atoms with van der Waals surface area (Å²) in [6, 6.07) is 20.6. The zero-order valence-corrected chi connectivity index (χ0v) is 20.4. The predicted molar refractivity (Wildman–Crippen MR) is 140 cm³/mol. The van der Waals surface area contributed by atoms with E-state index >= 15 is 0 Å². The third-order valence-corrected chi connectivity index (χ3v) is 5.52. The maximum absolute atomic E-state index is 13.4. The highest BCUT2D eigenvalue weighted by atomic mass is 16.5. The molecule has 0 bridgehead atoms. The van der Waals surface area contributed by atoms with Gasteiger partial charge in [-0.3, -0.25) is 4.79 Å². The molecule has 2 N–H and O–H groups in total. The Hall–Kier alpha value is -4.46. The van der Waals surface area contributed by atoms with Crippen molar-refractivity contribution in [1.82, 2.24) is 4.98 Å². The van der Waals surface area contributed by atoms with E-state index in [4.69, 9.17) is 19.2 Å². The fourth-order valence-corrected chi connectivity index (χ4v) is 3.79. The highest BCUT2D eigenvalue weighted by Crippen LogP contribution is 2.40. The number of fused-ring (bicyclic) bond motifs is 1. The van der Waals surface area contributed by atoms with Gasteiger partial charge < -0.3 is 29.7 Å². The number of nitrogens with one attached hydrogen (secondary N) is 2. The minimum Gasteiger partial charge on any atom is -0.493 e. The predicted octanol–water partition coefficient (Wildman–Crippen LogP) is 5.32. The molecule has 0 saturated carbocycles. The van der Waals surface area contributed by atoms with Gasteiger partial charge in [-0.1, -0.05) is 24.3 Å². The summed E-state index contributed by atoms with van der Waals surface area (Å²) in [5.74, 6) is 1.63. The molecule has 4 aromatic rings. The Morgan fingerprint density at radius 1 is 0.829 bits per heavy atom. The SMILES string of the molecule is COc1cc(NC(=O)c2cc(Nc3cccc(N(C)C)c3)nc3ccccc23)cc(OC)c1OC. The van der Waals surface area contributed by atoms with E-state index in [1.807, 2.05) is 67.5 Å². The molecule has 1 amide bonds. The van der Waals surface area contributed by atoms with Gasteiger partial charge in [0.1, 0.15) is 5.82 Å². The average Bonchev–Trinajstić information content (AvgIpc) is 2.87. The molecule has 1 heterocycles. The number of hydrogen-bond donors (Lipinski definition) is 2. The summed E-state index contributed by atoms with van der Waals surface area (Å²) in [6.07, 6.45) is 0. The third kappa shape index (κ3) is 5.06. The minimum absolute atomic E-state index is 0.289. The van der Waals surface area contributed by atoms with Gasteiger partial charge >= 0.3 is 0 Å². The number of nitrogens with zero attached hydrogens (tertiary/aromatic N) is 2. The summed E-state index contributed by atoms with van der Waals surface area (Å²) in [5, 5.41) is 7.02. The summed E-state index contributed by atoms with van der Waals surface area (Å²) < 4.78 is 16.2. The second-order valence-corrected chi connectivity index (χ2v) is 8.01. The van der Waals surface area contributed by atoms with Crippen molar-refractivity contribution in [2.24, 2.45) is 0 Å². The smallest absolute Gasteiger partial charge is 0.256 e. The molecule has 0 radical (unpaired) electrons. The van der Waals surface area contributed by atoms with Gasteiger partial charge in [0.25, 0.3) is 5.91 Å². The Bertz CT molecular complexity index is 1350. The lowest BCUT2D eigenvalue weighted by Gasteiger charge is -2.16. The number of aromatic nitrogens is 1. The van der Waals surface area contributed by atoms with Gasteiger partial charge in [-0.15, -0.1) is 0 Å². The normalized spacial score (nSPS) is 10.5. The molecule has 8 heteroatoms. The van der Waals surface area contributed by atoms with Crippen LogP contribution in [-0.4, -0.2) is 46.3 Å². The van der Waals surface area contributed by atoms with Crippen molar-refractivity contribution in [3.8, 4) is 17.2 Å². The summed E-state index contributed by atoms with van der Waals surface area (Å²) in [4.78, 5) is 20.2. The fraction of sp³-hybridized carbons (Fsp3) is 0.185. The van der Waals surface area contributed by atoms with Crippen LogP contribution in [-0.2, 0) is 0 Å². The van der Waals surface area contributed by atoms with Crippen LogP contribution in [0.2, 0.25) is 0 Å². The Labute approximate surface area is 204 Å². The molecular weight excluding hydrogens is 444 g/mol. The van der Waals surface area contributed by atoms with Crippen molar-refractivity contribution >= 4 is 39.7 Å². The molecule has 35 heavy (non-hydrogen) atoms. The molecule has 0 aliphatic heterocycles.